The zero-order valence-electron chi connectivity index (χ0n) is 12.1. The van der Waals surface area contributed by atoms with Crippen LogP contribution in [0.25, 0.3) is 11.8 Å². The second-order valence-electron chi connectivity index (χ2n) is 5.85. The molecule has 2 rings (SSSR count). The molecular formula is C15H17Cl2N3O. The predicted octanol–water partition coefficient (Wildman–Crippen LogP) is 3.99. The molecule has 21 heavy (non-hydrogen) atoms. The molecule has 1 N–H and O–H groups in total. The maximum absolute atomic E-state index is 10.7. The van der Waals surface area contributed by atoms with Crippen LogP contribution in [0.4, 0.5) is 0 Å². The quantitative estimate of drug-likeness (QED) is 0.928. The van der Waals surface area contributed by atoms with Crippen molar-refractivity contribution in [1.82, 2.24) is 14.8 Å². The largest absolute Gasteiger partial charge is 0.388 e. The fourth-order valence-corrected chi connectivity index (χ4v) is 2.42. The van der Waals surface area contributed by atoms with E-state index < -0.39 is 6.10 Å². The Hall–Kier alpha value is -1.36. The number of benzene rings is 1. The molecule has 6 heteroatoms. The van der Waals surface area contributed by atoms with Gasteiger partial charge in [0.25, 0.3) is 0 Å². The lowest BCUT2D eigenvalue weighted by Gasteiger charge is -2.28. The van der Waals surface area contributed by atoms with Gasteiger partial charge in [-0.2, -0.15) is 5.10 Å². The number of aromatic nitrogens is 3. The van der Waals surface area contributed by atoms with Crippen LogP contribution in [0, 0.1) is 5.41 Å². The highest BCUT2D eigenvalue weighted by Crippen LogP contribution is 2.35. The third-order valence-corrected chi connectivity index (χ3v) is 3.61. The molecule has 0 radical (unpaired) electrons. The van der Waals surface area contributed by atoms with Crippen molar-refractivity contribution in [3.63, 3.8) is 0 Å². The van der Waals surface area contributed by atoms with Gasteiger partial charge in [-0.15, -0.1) is 0 Å². The zero-order valence-corrected chi connectivity index (χ0v) is 13.6. The van der Waals surface area contributed by atoms with Gasteiger partial charge in [-0.05, 0) is 17.5 Å². The number of halogens is 2. The monoisotopic (exact) mass is 325 g/mol. The van der Waals surface area contributed by atoms with Crippen LogP contribution >= 0.6 is 23.2 Å². The van der Waals surface area contributed by atoms with Crippen LogP contribution in [0.1, 0.15) is 26.3 Å². The van der Waals surface area contributed by atoms with Crippen LogP contribution in [0.5, 0.6) is 0 Å². The van der Waals surface area contributed by atoms with Gasteiger partial charge in [-0.1, -0.05) is 50.0 Å². The Bertz CT molecular complexity index is 645. The molecule has 0 amide bonds. The van der Waals surface area contributed by atoms with E-state index in [-0.39, 0.29) is 5.41 Å². The molecule has 112 valence electrons. The standard InChI is InChI=1S/C15H17Cl2N3O/c1-15(2,3)14(21)12(7-20-9-18-8-19-20)11-5-4-10(16)6-13(11)17/h4-9,14,21H,1-3H3/b12-7+/t14-/m0/s1. The highest BCUT2D eigenvalue weighted by molar-refractivity contribution is 6.35. The lowest BCUT2D eigenvalue weighted by molar-refractivity contribution is 0.114. The molecule has 0 aliphatic heterocycles. The molecular weight excluding hydrogens is 309 g/mol. The number of aliphatic hydroxyl groups excluding tert-OH is 1. The summed E-state index contributed by atoms with van der Waals surface area (Å²) < 4.78 is 1.54. The van der Waals surface area contributed by atoms with Gasteiger partial charge < -0.3 is 5.11 Å². The fourth-order valence-electron chi connectivity index (χ4n) is 1.90. The fraction of sp³-hybridized carbons (Fsp3) is 0.333. The average molecular weight is 326 g/mol. The number of rotatable bonds is 3. The maximum Gasteiger partial charge on any atom is 0.138 e. The van der Waals surface area contributed by atoms with Crippen molar-refractivity contribution in [3.05, 3.63) is 46.5 Å². The van der Waals surface area contributed by atoms with Crippen molar-refractivity contribution in [1.29, 1.82) is 0 Å². The first-order chi connectivity index (χ1) is 9.79. The second-order valence-corrected chi connectivity index (χ2v) is 6.70. The minimum Gasteiger partial charge on any atom is -0.388 e. The molecule has 0 aliphatic rings. The Morgan fingerprint density at radius 1 is 1.33 bits per heavy atom. The summed E-state index contributed by atoms with van der Waals surface area (Å²) >= 11 is 12.2. The van der Waals surface area contributed by atoms with Crippen molar-refractivity contribution in [2.45, 2.75) is 26.9 Å². The van der Waals surface area contributed by atoms with E-state index in [1.807, 2.05) is 20.8 Å². The molecule has 0 saturated heterocycles. The first-order valence-electron chi connectivity index (χ1n) is 6.48. The Morgan fingerprint density at radius 2 is 2.05 bits per heavy atom. The molecule has 1 aromatic heterocycles. The molecule has 1 aromatic carbocycles. The van der Waals surface area contributed by atoms with Crippen LogP contribution in [-0.2, 0) is 0 Å². The Kier molecular flexibility index (Phi) is 4.71. The van der Waals surface area contributed by atoms with Crippen LogP contribution in [0.15, 0.2) is 30.9 Å². The number of nitrogens with zero attached hydrogens (tertiary/aromatic N) is 3. The maximum atomic E-state index is 10.7. The molecule has 0 saturated carbocycles. The van der Waals surface area contributed by atoms with E-state index in [1.54, 1.807) is 30.7 Å². The van der Waals surface area contributed by atoms with Crippen molar-refractivity contribution >= 4 is 35.0 Å². The summed E-state index contributed by atoms with van der Waals surface area (Å²) in [6, 6.07) is 5.19. The third-order valence-electron chi connectivity index (χ3n) is 3.07. The van der Waals surface area contributed by atoms with E-state index in [9.17, 15) is 5.11 Å². The van der Waals surface area contributed by atoms with E-state index in [1.165, 1.54) is 11.0 Å². The lowest BCUT2D eigenvalue weighted by Crippen LogP contribution is -2.27. The SMILES string of the molecule is CC(C)(C)[C@@H](O)/C(=C/n1cncn1)c1ccc(Cl)cc1Cl. The summed E-state index contributed by atoms with van der Waals surface area (Å²) in [5.41, 5.74) is 1.03. The summed E-state index contributed by atoms with van der Waals surface area (Å²) in [5.74, 6) is 0. The molecule has 0 unspecified atom stereocenters. The van der Waals surface area contributed by atoms with E-state index in [2.05, 4.69) is 10.1 Å². The van der Waals surface area contributed by atoms with Crippen molar-refractivity contribution < 1.29 is 5.11 Å². The smallest absolute Gasteiger partial charge is 0.138 e. The molecule has 2 aromatic rings. The van der Waals surface area contributed by atoms with Gasteiger partial charge in [-0.25, -0.2) is 9.67 Å². The Morgan fingerprint density at radius 3 is 2.57 bits per heavy atom. The molecule has 4 nitrogen and oxygen atoms in total. The normalized spacial score (nSPS) is 14.3. The summed E-state index contributed by atoms with van der Waals surface area (Å²) in [5, 5.41) is 15.7. The topological polar surface area (TPSA) is 50.9 Å². The zero-order chi connectivity index (χ0) is 15.6. The van der Waals surface area contributed by atoms with Crippen molar-refractivity contribution in [3.8, 4) is 0 Å². The van der Waals surface area contributed by atoms with Crippen LogP contribution in [-0.4, -0.2) is 26.0 Å². The molecule has 0 aliphatic carbocycles. The van der Waals surface area contributed by atoms with Crippen LogP contribution in [0.3, 0.4) is 0 Å². The molecule has 1 atom stereocenters. The summed E-state index contributed by atoms with van der Waals surface area (Å²) in [7, 11) is 0. The van der Waals surface area contributed by atoms with Crippen molar-refractivity contribution in [2.24, 2.45) is 5.41 Å². The molecule has 0 bridgehead atoms. The lowest BCUT2D eigenvalue weighted by atomic mass is 9.82. The number of aliphatic hydroxyl groups is 1. The Balaban J connectivity index is 2.56. The predicted molar refractivity (Wildman–Crippen MR) is 86.1 cm³/mol. The summed E-state index contributed by atoms with van der Waals surface area (Å²) in [6.07, 6.45) is 3.98. The Labute approximate surface area is 134 Å². The van der Waals surface area contributed by atoms with Gasteiger partial charge in [0, 0.05) is 27.4 Å². The van der Waals surface area contributed by atoms with E-state index in [0.717, 1.165) is 5.56 Å². The van der Waals surface area contributed by atoms with Gasteiger partial charge in [-0.3, -0.25) is 0 Å². The van der Waals surface area contributed by atoms with Gasteiger partial charge in [0.15, 0.2) is 0 Å². The van der Waals surface area contributed by atoms with E-state index >= 15 is 0 Å². The third kappa shape index (κ3) is 3.84. The molecule has 0 spiro atoms. The van der Waals surface area contributed by atoms with Crippen LogP contribution in [0.2, 0.25) is 10.0 Å². The first-order valence-corrected chi connectivity index (χ1v) is 7.24. The van der Waals surface area contributed by atoms with E-state index in [0.29, 0.717) is 15.6 Å². The summed E-state index contributed by atoms with van der Waals surface area (Å²) in [6.45, 7) is 5.87. The van der Waals surface area contributed by atoms with Crippen LogP contribution < -0.4 is 0 Å². The van der Waals surface area contributed by atoms with Gasteiger partial charge >= 0.3 is 0 Å². The van der Waals surface area contributed by atoms with Gasteiger partial charge in [0.2, 0.25) is 0 Å². The highest BCUT2D eigenvalue weighted by Gasteiger charge is 2.28. The van der Waals surface area contributed by atoms with Gasteiger partial charge in [0.1, 0.15) is 12.7 Å². The summed E-state index contributed by atoms with van der Waals surface area (Å²) in [4.78, 5) is 3.90. The van der Waals surface area contributed by atoms with E-state index in [4.69, 9.17) is 23.2 Å². The second kappa shape index (κ2) is 6.18. The molecule has 1 heterocycles. The van der Waals surface area contributed by atoms with Crippen molar-refractivity contribution in [2.75, 3.05) is 0 Å². The molecule has 0 fully saturated rings. The minimum atomic E-state index is -0.722. The number of hydrogen-bond acceptors (Lipinski definition) is 3. The average Bonchev–Trinajstić information content (AvgIpc) is 2.87. The highest BCUT2D eigenvalue weighted by atomic mass is 35.5. The first kappa shape index (κ1) is 16.0. The minimum absolute atomic E-state index is 0.352. The van der Waals surface area contributed by atoms with Gasteiger partial charge in [0.05, 0.1) is 6.10 Å². The number of hydrogen-bond donors (Lipinski definition) is 1.